The van der Waals surface area contributed by atoms with E-state index in [4.69, 9.17) is 9.47 Å². The Kier molecular flexibility index (Phi) is 5.47. The Labute approximate surface area is 154 Å². The quantitative estimate of drug-likeness (QED) is 0.852. The number of benzene rings is 2. The fraction of sp³-hybridized carbons (Fsp3) is 0.381. The van der Waals surface area contributed by atoms with Gasteiger partial charge in [-0.25, -0.2) is 0 Å². The third-order valence-electron chi connectivity index (χ3n) is 4.75. The van der Waals surface area contributed by atoms with Gasteiger partial charge in [-0.15, -0.1) is 0 Å². The van der Waals surface area contributed by atoms with Gasteiger partial charge in [-0.2, -0.15) is 0 Å². The van der Waals surface area contributed by atoms with Crippen LogP contribution in [-0.2, 0) is 11.3 Å². The summed E-state index contributed by atoms with van der Waals surface area (Å²) in [6.07, 6.45) is 0. The van der Waals surface area contributed by atoms with E-state index < -0.39 is 0 Å². The van der Waals surface area contributed by atoms with E-state index in [2.05, 4.69) is 25.2 Å². The van der Waals surface area contributed by atoms with Gasteiger partial charge in [0.1, 0.15) is 0 Å². The second kappa shape index (κ2) is 7.79. The molecule has 5 nitrogen and oxygen atoms in total. The van der Waals surface area contributed by atoms with E-state index in [0.29, 0.717) is 12.5 Å². The minimum atomic E-state index is -0.263. The molecule has 0 radical (unpaired) electrons. The molecule has 0 saturated carbocycles. The predicted octanol–water partition coefficient (Wildman–Crippen LogP) is 4.00. The Morgan fingerprint density at radius 2 is 1.85 bits per heavy atom. The van der Waals surface area contributed by atoms with E-state index in [1.807, 2.05) is 55.3 Å². The number of rotatable bonds is 6. The third-order valence-corrected chi connectivity index (χ3v) is 4.75. The fourth-order valence-corrected chi connectivity index (χ4v) is 3.02. The summed E-state index contributed by atoms with van der Waals surface area (Å²) in [5.41, 5.74) is 3.11. The molecule has 5 heteroatoms. The van der Waals surface area contributed by atoms with E-state index in [9.17, 15) is 4.79 Å². The highest BCUT2D eigenvalue weighted by molar-refractivity contribution is 5.95. The van der Waals surface area contributed by atoms with Crippen molar-refractivity contribution in [3.8, 4) is 11.5 Å². The lowest BCUT2D eigenvalue weighted by molar-refractivity contribution is -0.120. The third kappa shape index (κ3) is 3.99. The van der Waals surface area contributed by atoms with E-state index in [1.165, 1.54) is 0 Å². The first kappa shape index (κ1) is 18.3. The molecule has 0 saturated heterocycles. The minimum Gasteiger partial charge on any atom is -0.454 e. The number of carbonyl (C=O) groups is 1. The minimum absolute atomic E-state index is 0.0126. The molecule has 2 aromatic rings. The van der Waals surface area contributed by atoms with E-state index >= 15 is 0 Å². The van der Waals surface area contributed by atoms with Gasteiger partial charge >= 0.3 is 0 Å². The topological polar surface area (TPSA) is 50.8 Å². The van der Waals surface area contributed by atoms with Crippen molar-refractivity contribution < 1.29 is 14.3 Å². The number of anilines is 1. The second-order valence-electron chi connectivity index (χ2n) is 7.01. The average molecular weight is 354 g/mol. The molecule has 0 spiro atoms. The molecule has 1 N–H and O–H groups in total. The van der Waals surface area contributed by atoms with Crippen molar-refractivity contribution in [1.29, 1.82) is 0 Å². The van der Waals surface area contributed by atoms with Gasteiger partial charge < -0.3 is 14.8 Å². The molecule has 1 unspecified atom stereocenters. The zero-order chi connectivity index (χ0) is 18.7. The molecule has 0 bridgehead atoms. The first-order chi connectivity index (χ1) is 12.5. The molecule has 1 amide bonds. The molecule has 26 heavy (non-hydrogen) atoms. The summed E-state index contributed by atoms with van der Waals surface area (Å²) in [6.45, 7) is 7.08. The van der Waals surface area contributed by atoms with E-state index in [1.54, 1.807) is 0 Å². The van der Waals surface area contributed by atoms with Gasteiger partial charge in [0, 0.05) is 12.2 Å². The van der Waals surface area contributed by atoms with Gasteiger partial charge in [-0.1, -0.05) is 38.1 Å². The summed E-state index contributed by atoms with van der Waals surface area (Å²) in [4.78, 5) is 14.7. The van der Waals surface area contributed by atoms with Crippen LogP contribution in [0.5, 0.6) is 11.5 Å². The Hall–Kier alpha value is -2.53. The molecule has 2 aromatic carbocycles. The van der Waals surface area contributed by atoms with Crippen LogP contribution in [0.3, 0.4) is 0 Å². The fourth-order valence-electron chi connectivity index (χ4n) is 3.02. The number of para-hydroxylation sites is 1. The Morgan fingerprint density at radius 3 is 2.62 bits per heavy atom. The van der Waals surface area contributed by atoms with Gasteiger partial charge in [0.15, 0.2) is 11.5 Å². The summed E-state index contributed by atoms with van der Waals surface area (Å²) < 4.78 is 10.8. The van der Waals surface area contributed by atoms with Crippen LogP contribution in [0.25, 0.3) is 0 Å². The summed E-state index contributed by atoms with van der Waals surface area (Å²) >= 11 is 0. The number of nitrogens with one attached hydrogen (secondary N) is 1. The van der Waals surface area contributed by atoms with Crippen molar-refractivity contribution in [2.24, 2.45) is 0 Å². The summed E-state index contributed by atoms with van der Waals surface area (Å²) in [5, 5.41) is 3.07. The number of carbonyl (C=O) groups excluding carboxylic acids is 1. The molecule has 3 rings (SSSR count). The number of fused-ring (bicyclic) bond motifs is 1. The number of nitrogens with zero attached hydrogens (tertiary/aromatic N) is 1. The van der Waals surface area contributed by atoms with Gasteiger partial charge in [0.25, 0.3) is 0 Å². The largest absolute Gasteiger partial charge is 0.454 e. The summed E-state index contributed by atoms with van der Waals surface area (Å²) in [6, 6.07) is 13.6. The van der Waals surface area contributed by atoms with Crippen LogP contribution in [0.4, 0.5) is 5.69 Å². The van der Waals surface area contributed by atoms with Crippen LogP contribution in [0, 0.1) is 0 Å². The molecule has 0 aromatic heterocycles. The van der Waals surface area contributed by atoms with Gasteiger partial charge in [-0.3, -0.25) is 9.69 Å². The predicted molar refractivity (Wildman–Crippen MR) is 103 cm³/mol. The van der Waals surface area contributed by atoms with Crippen molar-refractivity contribution in [3.05, 3.63) is 53.6 Å². The van der Waals surface area contributed by atoms with Crippen molar-refractivity contribution in [2.75, 3.05) is 19.2 Å². The van der Waals surface area contributed by atoms with Crippen molar-refractivity contribution in [1.82, 2.24) is 4.90 Å². The highest BCUT2D eigenvalue weighted by Gasteiger charge is 2.21. The number of ether oxygens (including phenoxy) is 2. The van der Waals surface area contributed by atoms with Crippen LogP contribution in [-0.4, -0.2) is 30.7 Å². The van der Waals surface area contributed by atoms with Crippen LogP contribution in [0.15, 0.2) is 42.5 Å². The van der Waals surface area contributed by atoms with Crippen molar-refractivity contribution >= 4 is 11.6 Å². The number of hydrogen-bond donors (Lipinski definition) is 1. The Morgan fingerprint density at radius 1 is 1.12 bits per heavy atom. The van der Waals surface area contributed by atoms with Crippen molar-refractivity contribution in [2.45, 2.75) is 39.3 Å². The molecule has 1 aliphatic rings. The van der Waals surface area contributed by atoms with Gasteiger partial charge in [0.2, 0.25) is 12.7 Å². The lowest BCUT2D eigenvalue weighted by Gasteiger charge is -2.25. The maximum absolute atomic E-state index is 12.7. The maximum atomic E-state index is 12.7. The lowest BCUT2D eigenvalue weighted by atomic mass is 10.0. The molecule has 138 valence electrons. The highest BCUT2D eigenvalue weighted by Crippen LogP contribution is 2.33. The maximum Gasteiger partial charge on any atom is 0.241 e. The molecule has 1 atom stereocenters. The van der Waals surface area contributed by atoms with Gasteiger partial charge in [0.05, 0.1) is 6.04 Å². The Bertz CT molecular complexity index is 789. The SMILES string of the molecule is CC(C)c1ccccc1NC(=O)C(C)N(C)Cc1ccc2c(c1)OCO2. The second-order valence-corrected chi connectivity index (χ2v) is 7.01. The van der Waals surface area contributed by atoms with Gasteiger partial charge in [-0.05, 0) is 49.2 Å². The van der Waals surface area contributed by atoms with Crippen LogP contribution < -0.4 is 14.8 Å². The highest BCUT2D eigenvalue weighted by atomic mass is 16.7. The normalized spacial score (nSPS) is 13.9. The summed E-state index contributed by atoms with van der Waals surface area (Å²) in [5.74, 6) is 1.88. The molecule has 1 aliphatic heterocycles. The van der Waals surface area contributed by atoms with Crippen LogP contribution in [0.1, 0.15) is 37.8 Å². The number of amides is 1. The van der Waals surface area contributed by atoms with Crippen LogP contribution >= 0.6 is 0 Å². The summed E-state index contributed by atoms with van der Waals surface area (Å²) in [7, 11) is 1.95. The zero-order valence-corrected chi connectivity index (χ0v) is 15.8. The molecule has 1 heterocycles. The van der Waals surface area contributed by atoms with Crippen LogP contribution in [0.2, 0.25) is 0 Å². The number of hydrogen-bond acceptors (Lipinski definition) is 4. The first-order valence-electron chi connectivity index (χ1n) is 8.94. The molecule has 0 fully saturated rings. The smallest absolute Gasteiger partial charge is 0.241 e. The lowest BCUT2D eigenvalue weighted by Crippen LogP contribution is -2.39. The molecular formula is C21H26N2O3. The standard InChI is InChI=1S/C21H26N2O3/c1-14(2)17-7-5-6-8-18(17)22-21(24)15(3)23(4)12-16-9-10-19-20(11-16)26-13-25-19/h5-11,14-15H,12-13H2,1-4H3,(H,22,24). The average Bonchev–Trinajstić information content (AvgIpc) is 3.09. The molecular weight excluding hydrogens is 328 g/mol. The van der Waals surface area contributed by atoms with Crippen molar-refractivity contribution in [3.63, 3.8) is 0 Å². The molecule has 0 aliphatic carbocycles. The van der Waals surface area contributed by atoms with E-state index in [-0.39, 0.29) is 18.7 Å². The van der Waals surface area contributed by atoms with E-state index in [0.717, 1.165) is 28.3 Å². The Balaban J connectivity index is 1.65. The monoisotopic (exact) mass is 354 g/mol. The zero-order valence-electron chi connectivity index (χ0n) is 15.8. The number of likely N-dealkylation sites (N-methyl/N-ethyl adjacent to an activating group) is 1. The first-order valence-corrected chi connectivity index (χ1v) is 8.94.